The molecule has 1 aliphatic carbocycles. The van der Waals surface area contributed by atoms with Gasteiger partial charge in [0, 0.05) is 32.1 Å². The van der Waals surface area contributed by atoms with Gasteiger partial charge in [-0.1, -0.05) is 0 Å². The number of fused-ring (bicyclic) bond motifs is 1. The van der Waals surface area contributed by atoms with E-state index in [0.29, 0.717) is 5.92 Å². The minimum absolute atomic E-state index is 0.184. The number of hydrogen-bond donors (Lipinski definition) is 2. The average molecular weight is 292 g/mol. The second-order valence-electron chi connectivity index (χ2n) is 5.48. The maximum Gasteiger partial charge on any atom is 0.126 e. The van der Waals surface area contributed by atoms with E-state index in [1.165, 1.54) is 24.8 Å². The fraction of sp³-hybridized carbons (Fsp3) is 0.500. The van der Waals surface area contributed by atoms with Crippen LogP contribution in [0.4, 0.5) is 15.8 Å². The molecule has 20 heavy (non-hydrogen) atoms. The molecule has 2 N–H and O–H groups in total. The molecule has 0 spiro atoms. The van der Waals surface area contributed by atoms with Crippen molar-refractivity contribution in [1.29, 1.82) is 0 Å². The molecule has 2 heterocycles. The van der Waals surface area contributed by atoms with Gasteiger partial charge in [0.15, 0.2) is 0 Å². The van der Waals surface area contributed by atoms with Gasteiger partial charge in [-0.05, 0) is 36.9 Å². The normalized spacial score (nSPS) is 22.1. The number of aliphatic imine (C=N–C) groups is 1. The first kappa shape index (κ1) is 12.5. The smallest absolute Gasteiger partial charge is 0.126 e. The lowest BCUT2D eigenvalue weighted by Gasteiger charge is -2.32. The van der Waals surface area contributed by atoms with Gasteiger partial charge in [-0.3, -0.25) is 0 Å². The van der Waals surface area contributed by atoms with Gasteiger partial charge in [0.2, 0.25) is 0 Å². The minimum Gasteiger partial charge on any atom is -0.367 e. The molecular formula is C14H17FN4S. The number of nitrogens with zero attached hydrogens (tertiary/aromatic N) is 2. The van der Waals surface area contributed by atoms with E-state index in [2.05, 4.69) is 14.9 Å². The maximum atomic E-state index is 13.8. The van der Waals surface area contributed by atoms with Gasteiger partial charge in [0.05, 0.1) is 10.6 Å². The Bertz CT molecular complexity index is 565. The monoisotopic (exact) mass is 292 g/mol. The molecule has 1 aromatic carbocycles. The van der Waals surface area contributed by atoms with Crippen molar-refractivity contribution in [3.8, 4) is 0 Å². The molecule has 1 saturated heterocycles. The molecule has 1 aromatic rings. The number of anilines is 1. The van der Waals surface area contributed by atoms with Crippen LogP contribution in [0.2, 0.25) is 0 Å². The van der Waals surface area contributed by atoms with Gasteiger partial charge in [0.25, 0.3) is 0 Å². The highest BCUT2D eigenvalue weighted by Gasteiger charge is 2.31. The molecule has 2 fully saturated rings. The predicted molar refractivity (Wildman–Crippen MR) is 80.3 cm³/mol. The van der Waals surface area contributed by atoms with Crippen molar-refractivity contribution < 1.29 is 4.39 Å². The molecule has 0 atom stereocenters. The van der Waals surface area contributed by atoms with Crippen LogP contribution in [0.5, 0.6) is 0 Å². The fourth-order valence-electron chi connectivity index (χ4n) is 2.68. The summed E-state index contributed by atoms with van der Waals surface area (Å²) in [6, 6.07) is 3.20. The van der Waals surface area contributed by atoms with Crippen LogP contribution in [-0.2, 0) is 0 Å². The van der Waals surface area contributed by atoms with E-state index in [4.69, 9.17) is 4.99 Å². The van der Waals surface area contributed by atoms with E-state index in [9.17, 15) is 4.39 Å². The molecule has 4 rings (SSSR count). The van der Waals surface area contributed by atoms with E-state index < -0.39 is 0 Å². The van der Waals surface area contributed by atoms with Gasteiger partial charge in [-0.25, -0.2) is 9.38 Å². The molecule has 3 aliphatic rings. The van der Waals surface area contributed by atoms with E-state index in [1.807, 2.05) is 0 Å². The number of amidine groups is 1. The standard InChI is InChI=1S/C14H17FN4S/c15-10-7-11(19-5-3-16-4-6-19)13-12(8-10)20-18-14(17-13)9-1-2-9/h7-9,16H,1-6H2,(H,17,18). The minimum atomic E-state index is -0.184. The largest absolute Gasteiger partial charge is 0.367 e. The topological polar surface area (TPSA) is 39.7 Å². The average Bonchev–Trinajstić information content (AvgIpc) is 3.31. The van der Waals surface area contributed by atoms with Crippen LogP contribution in [0.3, 0.4) is 0 Å². The summed E-state index contributed by atoms with van der Waals surface area (Å²) in [7, 11) is 0. The fourth-order valence-corrected chi connectivity index (χ4v) is 3.52. The lowest BCUT2D eigenvalue weighted by atomic mass is 10.2. The van der Waals surface area contributed by atoms with Crippen LogP contribution < -0.4 is 14.9 Å². The Kier molecular flexibility index (Phi) is 3.07. The highest BCUT2D eigenvalue weighted by Crippen LogP contribution is 2.43. The summed E-state index contributed by atoms with van der Waals surface area (Å²) in [5, 5.41) is 3.33. The highest BCUT2D eigenvalue weighted by molar-refractivity contribution is 7.98. The lowest BCUT2D eigenvalue weighted by Crippen LogP contribution is -2.43. The number of piperazine rings is 1. The summed E-state index contributed by atoms with van der Waals surface area (Å²) in [6.07, 6.45) is 2.43. The molecule has 106 valence electrons. The zero-order chi connectivity index (χ0) is 13.5. The molecule has 0 radical (unpaired) electrons. The molecule has 6 heteroatoms. The second kappa shape index (κ2) is 4.93. The summed E-state index contributed by atoms with van der Waals surface area (Å²) < 4.78 is 17.1. The molecule has 1 saturated carbocycles. The third kappa shape index (κ3) is 2.27. The quantitative estimate of drug-likeness (QED) is 0.821. The third-order valence-corrected chi connectivity index (χ3v) is 4.78. The Labute approximate surface area is 122 Å². The van der Waals surface area contributed by atoms with Crippen molar-refractivity contribution in [2.45, 2.75) is 17.7 Å². The first-order valence-electron chi connectivity index (χ1n) is 7.12. The Hall–Kier alpha value is -1.27. The predicted octanol–water partition coefficient (Wildman–Crippen LogP) is 2.29. The summed E-state index contributed by atoms with van der Waals surface area (Å²) in [5.41, 5.74) is 1.88. The van der Waals surface area contributed by atoms with Crippen molar-refractivity contribution in [2.75, 3.05) is 31.1 Å². The molecule has 0 aromatic heterocycles. The van der Waals surface area contributed by atoms with Gasteiger partial charge in [-0.2, -0.15) is 0 Å². The molecule has 0 bridgehead atoms. The molecule has 2 aliphatic heterocycles. The van der Waals surface area contributed by atoms with Crippen molar-refractivity contribution in [2.24, 2.45) is 10.9 Å². The Morgan fingerprint density at radius 1 is 1.25 bits per heavy atom. The van der Waals surface area contributed by atoms with Crippen LogP contribution in [0.1, 0.15) is 12.8 Å². The number of hydrogen-bond acceptors (Lipinski definition) is 5. The van der Waals surface area contributed by atoms with Crippen molar-refractivity contribution in [1.82, 2.24) is 10.0 Å². The van der Waals surface area contributed by atoms with Gasteiger partial charge in [-0.15, -0.1) is 0 Å². The zero-order valence-electron chi connectivity index (χ0n) is 11.2. The lowest BCUT2D eigenvalue weighted by molar-refractivity contribution is 0.584. The Morgan fingerprint density at radius 3 is 2.80 bits per heavy atom. The van der Waals surface area contributed by atoms with E-state index in [1.54, 1.807) is 12.1 Å². The Balaban J connectivity index is 1.76. The van der Waals surface area contributed by atoms with Crippen LogP contribution in [0.15, 0.2) is 22.0 Å². The summed E-state index contributed by atoms with van der Waals surface area (Å²) in [4.78, 5) is 7.91. The van der Waals surface area contributed by atoms with Crippen LogP contribution in [0, 0.1) is 11.7 Å². The maximum absolute atomic E-state index is 13.8. The van der Waals surface area contributed by atoms with Crippen molar-refractivity contribution >= 4 is 29.2 Å². The van der Waals surface area contributed by atoms with Gasteiger partial charge < -0.3 is 14.9 Å². The number of rotatable bonds is 2. The third-order valence-electron chi connectivity index (χ3n) is 3.94. The van der Waals surface area contributed by atoms with Gasteiger partial charge in [0.1, 0.15) is 17.3 Å². The first-order valence-corrected chi connectivity index (χ1v) is 7.93. The summed E-state index contributed by atoms with van der Waals surface area (Å²) in [6.45, 7) is 3.69. The molecular weight excluding hydrogens is 275 g/mol. The van der Waals surface area contributed by atoms with Crippen LogP contribution >= 0.6 is 11.9 Å². The van der Waals surface area contributed by atoms with Crippen LogP contribution in [0.25, 0.3) is 0 Å². The Morgan fingerprint density at radius 2 is 2.05 bits per heavy atom. The number of nitrogens with one attached hydrogen (secondary N) is 2. The zero-order valence-corrected chi connectivity index (χ0v) is 12.0. The van der Waals surface area contributed by atoms with Crippen LogP contribution in [-0.4, -0.2) is 32.0 Å². The molecule has 4 nitrogen and oxygen atoms in total. The number of benzene rings is 1. The second-order valence-corrected chi connectivity index (χ2v) is 6.33. The number of halogens is 1. The SMILES string of the molecule is Fc1cc2c(c(N3CCNCC3)c1)N=C(C1CC1)NS2. The molecule has 0 unspecified atom stereocenters. The summed E-state index contributed by atoms with van der Waals surface area (Å²) in [5.74, 6) is 1.46. The first-order chi connectivity index (χ1) is 9.81. The molecule has 0 amide bonds. The highest BCUT2D eigenvalue weighted by atomic mass is 32.2. The van der Waals surface area contributed by atoms with Crippen molar-refractivity contribution in [3.05, 3.63) is 17.9 Å². The summed E-state index contributed by atoms with van der Waals surface area (Å²) >= 11 is 1.49. The van der Waals surface area contributed by atoms with Gasteiger partial charge >= 0.3 is 0 Å². The van der Waals surface area contributed by atoms with E-state index >= 15 is 0 Å². The van der Waals surface area contributed by atoms with E-state index in [0.717, 1.165) is 48.3 Å². The van der Waals surface area contributed by atoms with E-state index in [-0.39, 0.29) is 5.82 Å². The van der Waals surface area contributed by atoms with Crippen molar-refractivity contribution in [3.63, 3.8) is 0 Å².